The van der Waals surface area contributed by atoms with E-state index in [1.807, 2.05) is 38.1 Å². The Balaban J connectivity index is 2.16. The molecule has 2 heterocycles. The van der Waals surface area contributed by atoms with Gasteiger partial charge in [-0.1, -0.05) is 0 Å². The number of nitrogen functional groups attached to an aromatic ring is 1. The first kappa shape index (κ1) is 15.0. The van der Waals surface area contributed by atoms with Crippen molar-refractivity contribution >= 4 is 17.8 Å². The lowest BCUT2D eigenvalue weighted by atomic mass is 10.4. The molecule has 2 rings (SSSR count). The normalized spacial score (nSPS) is 10.5. The third-order valence-electron chi connectivity index (χ3n) is 3.00. The molecular formula is C12H21N9. The number of nitrogens with one attached hydrogen (secondary N) is 2. The van der Waals surface area contributed by atoms with Gasteiger partial charge in [-0.3, -0.25) is 10.1 Å². The van der Waals surface area contributed by atoms with Crippen LogP contribution in [-0.2, 0) is 13.6 Å². The van der Waals surface area contributed by atoms with Crippen LogP contribution >= 0.6 is 0 Å². The van der Waals surface area contributed by atoms with E-state index >= 15 is 0 Å². The van der Waals surface area contributed by atoms with Crippen LogP contribution in [-0.4, -0.2) is 37.8 Å². The third-order valence-corrected chi connectivity index (χ3v) is 3.00. The first-order valence-corrected chi connectivity index (χ1v) is 6.86. The van der Waals surface area contributed by atoms with E-state index in [9.17, 15) is 0 Å². The quantitative estimate of drug-likeness (QED) is 0.495. The van der Waals surface area contributed by atoms with Gasteiger partial charge in [0.25, 0.3) is 0 Å². The zero-order valence-electron chi connectivity index (χ0n) is 12.5. The summed E-state index contributed by atoms with van der Waals surface area (Å²) in [5.41, 5.74) is 3.37. The molecule has 4 N–H and O–H groups in total. The number of hydrazine groups is 1. The maximum atomic E-state index is 5.42. The van der Waals surface area contributed by atoms with Gasteiger partial charge in [-0.05, 0) is 19.9 Å². The zero-order chi connectivity index (χ0) is 15.2. The molecular weight excluding hydrogens is 270 g/mol. The molecule has 9 heteroatoms. The molecule has 0 saturated heterocycles. The molecule has 114 valence electrons. The third kappa shape index (κ3) is 3.78. The van der Waals surface area contributed by atoms with Gasteiger partial charge in [-0.25, -0.2) is 5.84 Å². The van der Waals surface area contributed by atoms with E-state index in [2.05, 4.69) is 30.8 Å². The van der Waals surface area contributed by atoms with Crippen molar-refractivity contribution in [2.24, 2.45) is 12.9 Å². The van der Waals surface area contributed by atoms with Crippen LogP contribution in [0, 0.1) is 0 Å². The Labute approximate surface area is 123 Å². The van der Waals surface area contributed by atoms with Gasteiger partial charge in [-0.15, -0.1) is 0 Å². The van der Waals surface area contributed by atoms with E-state index in [0.29, 0.717) is 24.4 Å². The molecule has 0 atom stereocenters. The number of aryl methyl sites for hydroxylation is 1. The van der Waals surface area contributed by atoms with Crippen molar-refractivity contribution in [2.45, 2.75) is 20.4 Å². The average Bonchev–Trinajstić information content (AvgIpc) is 2.92. The molecule has 2 aromatic rings. The predicted molar refractivity (Wildman–Crippen MR) is 81.7 cm³/mol. The molecule has 0 aliphatic rings. The molecule has 0 spiro atoms. The van der Waals surface area contributed by atoms with Crippen LogP contribution in [0.25, 0.3) is 0 Å². The van der Waals surface area contributed by atoms with Gasteiger partial charge >= 0.3 is 0 Å². The standard InChI is InChI=1S/C12H21N9/c1-4-21(5-2)12-16-10(15-11(17-12)18-13)14-8-9-6-7-20(3)19-9/h6-7H,4-5,8,13H2,1-3H3,(H2,14,15,16,17,18). The fourth-order valence-corrected chi connectivity index (χ4v) is 1.88. The summed E-state index contributed by atoms with van der Waals surface area (Å²) in [6.07, 6.45) is 1.89. The van der Waals surface area contributed by atoms with E-state index in [1.54, 1.807) is 4.68 Å². The first-order chi connectivity index (χ1) is 10.2. The van der Waals surface area contributed by atoms with Crippen molar-refractivity contribution in [2.75, 3.05) is 28.7 Å². The fourth-order valence-electron chi connectivity index (χ4n) is 1.88. The van der Waals surface area contributed by atoms with Gasteiger partial charge in [-0.2, -0.15) is 20.1 Å². The van der Waals surface area contributed by atoms with E-state index in [-0.39, 0.29) is 0 Å². The summed E-state index contributed by atoms with van der Waals surface area (Å²) in [5, 5.41) is 7.42. The number of hydrogen-bond acceptors (Lipinski definition) is 8. The summed E-state index contributed by atoms with van der Waals surface area (Å²) in [7, 11) is 1.88. The molecule has 0 unspecified atom stereocenters. The van der Waals surface area contributed by atoms with Crippen molar-refractivity contribution in [3.8, 4) is 0 Å². The van der Waals surface area contributed by atoms with Gasteiger partial charge in [0, 0.05) is 26.3 Å². The van der Waals surface area contributed by atoms with Crippen molar-refractivity contribution in [1.82, 2.24) is 24.7 Å². The zero-order valence-corrected chi connectivity index (χ0v) is 12.5. The highest BCUT2D eigenvalue weighted by Gasteiger charge is 2.10. The summed E-state index contributed by atoms with van der Waals surface area (Å²) in [4.78, 5) is 14.9. The largest absolute Gasteiger partial charge is 0.348 e. The highest BCUT2D eigenvalue weighted by atomic mass is 15.4. The second-order valence-electron chi connectivity index (χ2n) is 4.43. The molecule has 0 aliphatic heterocycles. The minimum Gasteiger partial charge on any atom is -0.348 e. The van der Waals surface area contributed by atoms with Gasteiger partial charge < -0.3 is 10.2 Å². The average molecular weight is 291 g/mol. The fraction of sp³-hybridized carbons (Fsp3) is 0.500. The first-order valence-electron chi connectivity index (χ1n) is 6.86. The molecule has 2 aromatic heterocycles. The van der Waals surface area contributed by atoms with Gasteiger partial charge in [0.1, 0.15) is 0 Å². The van der Waals surface area contributed by atoms with Crippen LogP contribution in [0.5, 0.6) is 0 Å². The van der Waals surface area contributed by atoms with Crippen molar-refractivity contribution in [3.05, 3.63) is 18.0 Å². The van der Waals surface area contributed by atoms with Gasteiger partial charge in [0.05, 0.1) is 12.2 Å². The second-order valence-corrected chi connectivity index (χ2v) is 4.43. The van der Waals surface area contributed by atoms with Crippen LogP contribution in [0.2, 0.25) is 0 Å². The molecule has 0 aromatic carbocycles. The van der Waals surface area contributed by atoms with Crippen molar-refractivity contribution in [3.63, 3.8) is 0 Å². The molecule has 0 amide bonds. The second kappa shape index (κ2) is 6.84. The maximum Gasteiger partial charge on any atom is 0.243 e. The van der Waals surface area contributed by atoms with Crippen molar-refractivity contribution < 1.29 is 0 Å². The van der Waals surface area contributed by atoms with Crippen LogP contribution < -0.4 is 21.5 Å². The Bertz CT molecular complexity index is 576. The molecule has 9 nitrogen and oxygen atoms in total. The van der Waals surface area contributed by atoms with Gasteiger partial charge in [0.2, 0.25) is 17.8 Å². The molecule has 0 radical (unpaired) electrons. The molecule has 0 aliphatic carbocycles. The van der Waals surface area contributed by atoms with E-state index in [1.165, 1.54) is 0 Å². The van der Waals surface area contributed by atoms with Crippen LogP contribution in [0.3, 0.4) is 0 Å². The lowest BCUT2D eigenvalue weighted by Gasteiger charge is -2.19. The van der Waals surface area contributed by atoms with Crippen LogP contribution in [0.15, 0.2) is 12.3 Å². The van der Waals surface area contributed by atoms with E-state index in [0.717, 1.165) is 18.8 Å². The Morgan fingerprint density at radius 3 is 2.48 bits per heavy atom. The summed E-state index contributed by atoms with van der Waals surface area (Å²) in [6.45, 7) is 6.24. The Kier molecular flexibility index (Phi) is 4.88. The molecule has 0 fully saturated rings. The highest BCUT2D eigenvalue weighted by molar-refractivity contribution is 5.43. The SMILES string of the molecule is CCN(CC)c1nc(NN)nc(NCc2ccn(C)n2)n1. The predicted octanol–water partition coefficient (Wildman–Crippen LogP) is 0.349. The summed E-state index contributed by atoms with van der Waals surface area (Å²) in [6, 6.07) is 1.93. The summed E-state index contributed by atoms with van der Waals surface area (Å²) >= 11 is 0. The number of anilines is 3. The summed E-state index contributed by atoms with van der Waals surface area (Å²) in [5.74, 6) is 6.80. The molecule has 0 saturated carbocycles. The van der Waals surface area contributed by atoms with E-state index < -0.39 is 0 Å². The number of nitrogens with zero attached hydrogens (tertiary/aromatic N) is 6. The monoisotopic (exact) mass is 291 g/mol. The Morgan fingerprint density at radius 2 is 1.90 bits per heavy atom. The summed E-state index contributed by atoms with van der Waals surface area (Å²) < 4.78 is 1.75. The number of hydrogen-bond donors (Lipinski definition) is 3. The minimum atomic E-state index is 0.329. The van der Waals surface area contributed by atoms with Crippen LogP contribution in [0.1, 0.15) is 19.5 Å². The maximum absolute atomic E-state index is 5.42. The number of rotatable bonds is 7. The van der Waals surface area contributed by atoms with Crippen LogP contribution in [0.4, 0.5) is 17.8 Å². The Hall–Kier alpha value is -2.42. The van der Waals surface area contributed by atoms with E-state index in [4.69, 9.17) is 5.84 Å². The number of nitrogens with two attached hydrogens (primary N) is 1. The number of aromatic nitrogens is 5. The lowest BCUT2D eigenvalue weighted by Crippen LogP contribution is -2.26. The van der Waals surface area contributed by atoms with Gasteiger partial charge in [0.15, 0.2) is 0 Å². The Morgan fingerprint density at radius 1 is 1.19 bits per heavy atom. The van der Waals surface area contributed by atoms with Crippen molar-refractivity contribution in [1.29, 1.82) is 0 Å². The lowest BCUT2D eigenvalue weighted by molar-refractivity contribution is 0.745. The molecule has 21 heavy (non-hydrogen) atoms. The topological polar surface area (TPSA) is 110 Å². The molecule has 0 bridgehead atoms. The minimum absolute atomic E-state index is 0.329. The smallest absolute Gasteiger partial charge is 0.243 e. The highest BCUT2D eigenvalue weighted by Crippen LogP contribution is 2.13.